The van der Waals surface area contributed by atoms with Gasteiger partial charge in [-0.25, -0.2) is 4.79 Å². The molecule has 4 rings (SSSR count). The number of amides is 1. The maximum Gasteiger partial charge on any atom is 0.410 e. The van der Waals surface area contributed by atoms with E-state index in [-0.39, 0.29) is 18.2 Å². The van der Waals surface area contributed by atoms with Crippen molar-refractivity contribution >= 4 is 6.09 Å². The number of hydrogen-bond donors (Lipinski definition) is 1. The van der Waals surface area contributed by atoms with E-state index in [4.69, 9.17) is 4.74 Å². The number of hydrogen-bond acceptors (Lipinski definition) is 3. The topological polar surface area (TPSA) is 49.8 Å². The summed E-state index contributed by atoms with van der Waals surface area (Å²) in [5.74, 6) is 0.671. The van der Waals surface area contributed by atoms with Crippen LogP contribution in [0.25, 0.3) is 0 Å². The van der Waals surface area contributed by atoms with Crippen LogP contribution in [0.3, 0.4) is 0 Å². The van der Waals surface area contributed by atoms with E-state index in [9.17, 15) is 9.90 Å². The molecule has 2 aliphatic heterocycles. The smallest absolute Gasteiger partial charge is 0.410 e. The van der Waals surface area contributed by atoms with E-state index in [2.05, 4.69) is 0 Å². The number of piperidine rings is 1. The van der Waals surface area contributed by atoms with Gasteiger partial charge in [-0.1, -0.05) is 62.4 Å². The standard InChI is InChI=1S/C22H31NO3/c24-21(26-16-18-9-5-2-6-10-18)23-19-11-12-20(23)15-22(25,14-19)13-17-7-3-1-4-8-17/h2,5-6,9-10,17,19-20,25H,1,3-4,7-8,11-16H2. The molecule has 1 saturated carbocycles. The summed E-state index contributed by atoms with van der Waals surface area (Å²) in [4.78, 5) is 14.6. The van der Waals surface area contributed by atoms with Gasteiger partial charge in [-0.2, -0.15) is 0 Å². The van der Waals surface area contributed by atoms with Crippen molar-refractivity contribution in [1.82, 2.24) is 4.90 Å². The number of aliphatic hydroxyl groups is 1. The van der Waals surface area contributed by atoms with Crippen LogP contribution in [0.15, 0.2) is 30.3 Å². The first-order valence-electron chi connectivity index (χ1n) is 10.3. The van der Waals surface area contributed by atoms with E-state index in [0.29, 0.717) is 12.5 Å². The van der Waals surface area contributed by atoms with Crippen molar-refractivity contribution in [2.75, 3.05) is 0 Å². The highest BCUT2D eigenvalue weighted by molar-refractivity contribution is 5.69. The van der Waals surface area contributed by atoms with E-state index >= 15 is 0 Å². The fraction of sp³-hybridized carbons (Fsp3) is 0.682. The zero-order chi connectivity index (χ0) is 18.0. The largest absolute Gasteiger partial charge is 0.445 e. The third kappa shape index (κ3) is 3.90. The van der Waals surface area contributed by atoms with Crippen molar-refractivity contribution in [1.29, 1.82) is 0 Å². The van der Waals surface area contributed by atoms with Crippen LogP contribution in [0, 0.1) is 5.92 Å². The van der Waals surface area contributed by atoms with Gasteiger partial charge in [0.05, 0.1) is 5.60 Å². The summed E-state index contributed by atoms with van der Waals surface area (Å²) in [6, 6.07) is 10.1. The van der Waals surface area contributed by atoms with Crippen LogP contribution in [0.1, 0.15) is 69.8 Å². The normalized spacial score (nSPS) is 31.8. The monoisotopic (exact) mass is 357 g/mol. The highest BCUT2D eigenvalue weighted by Gasteiger charge is 2.50. The molecule has 142 valence electrons. The number of nitrogens with zero attached hydrogens (tertiary/aromatic N) is 1. The lowest BCUT2D eigenvalue weighted by Crippen LogP contribution is -2.53. The number of carbonyl (C=O) groups excluding carboxylic acids is 1. The summed E-state index contributed by atoms with van der Waals surface area (Å²) in [7, 11) is 0. The molecule has 0 spiro atoms. The third-order valence-electron chi connectivity index (χ3n) is 6.66. The van der Waals surface area contributed by atoms with E-state index < -0.39 is 5.60 Å². The fourth-order valence-electron chi connectivity index (χ4n) is 5.51. The Morgan fingerprint density at radius 1 is 1.04 bits per heavy atom. The average Bonchev–Trinajstić information content (AvgIpc) is 2.94. The molecule has 2 atom stereocenters. The lowest BCUT2D eigenvalue weighted by atomic mass is 9.75. The van der Waals surface area contributed by atoms with Crippen LogP contribution in [0.5, 0.6) is 0 Å². The van der Waals surface area contributed by atoms with Gasteiger partial charge in [0.2, 0.25) is 0 Å². The van der Waals surface area contributed by atoms with Crippen LogP contribution in [-0.4, -0.2) is 33.8 Å². The molecule has 2 bridgehead atoms. The first-order chi connectivity index (χ1) is 12.6. The highest BCUT2D eigenvalue weighted by atomic mass is 16.6. The second-order valence-corrected chi connectivity index (χ2v) is 8.67. The minimum absolute atomic E-state index is 0.144. The summed E-state index contributed by atoms with van der Waals surface area (Å²) in [5.41, 5.74) is 0.434. The highest BCUT2D eigenvalue weighted by Crippen LogP contribution is 2.45. The summed E-state index contributed by atoms with van der Waals surface area (Å²) in [6.07, 6.45) is 10.7. The summed E-state index contributed by atoms with van der Waals surface area (Å²) in [5, 5.41) is 11.2. The summed E-state index contributed by atoms with van der Waals surface area (Å²) >= 11 is 0. The first kappa shape index (κ1) is 17.8. The fourth-order valence-corrected chi connectivity index (χ4v) is 5.51. The maximum absolute atomic E-state index is 12.7. The van der Waals surface area contributed by atoms with Crippen LogP contribution in [0.4, 0.5) is 4.79 Å². The molecule has 1 aromatic rings. The number of fused-ring (bicyclic) bond motifs is 2. The molecule has 3 aliphatic rings. The minimum Gasteiger partial charge on any atom is -0.445 e. The molecule has 2 heterocycles. The predicted molar refractivity (Wildman–Crippen MR) is 101 cm³/mol. The molecule has 2 saturated heterocycles. The Morgan fingerprint density at radius 2 is 1.69 bits per heavy atom. The summed E-state index contributed by atoms with van der Waals surface area (Å²) in [6.45, 7) is 0.321. The van der Waals surface area contributed by atoms with Crippen molar-refractivity contribution in [3.8, 4) is 0 Å². The van der Waals surface area contributed by atoms with Gasteiger partial charge in [0.25, 0.3) is 0 Å². The molecule has 4 heteroatoms. The number of benzene rings is 1. The van der Waals surface area contributed by atoms with Crippen molar-refractivity contribution in [3.05, 3.63) is 35.9 Å². The van der Waals surface area contributed by atoms with Crippen molar-refractivity contribution < 1.29 is 14.6 Å². The molecule has 1 N–H and O–H groups in total. The van der Waals surface area contributed by atoms with E-state index in [1.807, 2.05) is 35.2 Å². The molecule has 26 heavy (non-hydrogen) atoms. The minimum atomic E-state index is -0.579. The van der Waals surface area contributed by atoms with Gasteiger partial charge in [-0.05, 0) is 43.6 Å². The number of carbonyl (C=O) groups is 1. The molecule has 1 aliphatic carbocycles. The average molecular weight is 357 g/mol. The second kappa shape index (κ2) is 7.59. The van der Waals surface area contributed by atoms with Gasteiger partial charge in [0.1, 0.15) is 6.61 Å². The van der Waals surface area contributed by atoms with E-state index in [0.717, 1.165) is 37.7 Å². The van der Waals surface area contributed by atoms with Crippen LogP contribution < -0.4 is 0 Å². The van der Waals surface area contributed by atoms with Gasteiger partial charge < -0.3 is 14.7 Å². The number of rotatable bonds is 4. The first-order valence-corrected chi connectivity index (χ1v) is 10.3. The molecule has 2 unspecified atom stereocenters. The van der Waals surface area contributed by atoms with E-state index in [1.165, 1.54) is 32.1 Å². The van der Waals surface area contributed by atoms with Gasteiger partial charge in [0, 0.05) is 12.1 Å². The van der Waals surface area contributed by atoms with Gasteiger partial charge >= 0.3 is 6.09 Å². The molecule has 0 radical (unpaired) electrons. The quantitative estimate of drug-likeness (QED) is 0.853. The van der Waals surface area contributed by atoms with Gasteiger partial charge in [0.15, 0.2) is 0 Å². The molecule has 0 aromatic heterocycles. The van der Waals surface area contributed by atoms with Crippen molar-refractivity contribution in [3.63, 3.8) is 0 Å². The molecule has 4 nitrogen and oxygen atoms in total. The molecule has 3 fully saturated rings. The zero-order valence-electron chi connectivity index (χ0n) is 15.6. The lowest BCUT2D eigenvalue weighted by molar-refractivity contribution is -0.0655. The van der Waals surface area contributed by atoms with Crippen LogP contribution >= 0.6 is 0 Å². The lowest BCUT2D eigenvalue weighted by Gasteiger charge is -2.44. The van der Waals surface area contributed by atoms with E-state index in [1.54, 1.807) is 0 Å². The van der Waals surface area contributed by atoms with Gasteiger partial charge in [-0.15, -0.1) is 0 Å². The Bertz CT molecular complexity index is 597. The van der Waals surface area contributed by atoms with Crippen molar-refractivity contribution in [2.45, 2.75) is 88.5 Å². The zero-order valence-corrected chi connectivity index (χ0v) is 15.6. The van der Waals surface area contributed by atoms with Crippen LogP contribution in [-0.2, 0) is 11.3 Å². The maximum atomic E-state index is 12.7. The van der Waals surface area contributed by atoms with Crippen LogP contribution in [0.2, 0.25) is 0 Å². The molecule has 1 amide bonds. The second-order valence-electron chi connectivity index (χ2n) is 8.67. The third-order valence-corrected chi connectivity index (χ3v) is 6.66. The Labute approximate surface area is 156 Å². The Balaban J connectivity index is 1.34. The molecule has 1 aromatic carbocycles. The Morgan fingerprint density at radius 3 is 2.35 bits per heavy atom. The summed E-state index contributed by atoms with van der Waals surface area (Å²) < 4.78 is 5.57. The van der Waals surface area contributed by atoms with Gasteiger partial charge in [-0.3, -0.25) is 0 Å². The Kier molecular flexibility index (Phi) is 5.21. The SMILES string of the molecule is O=C(OCc1ccccc1)N1C2CCC1CC(O)(CC1CCCCC1)C2. The van der Waals surface area contributed by atoms with Crippen molar-refractivity contribution in [2.24, 2.45) is 5.92 Å². The molecular formula is C22H31NO3. The Hall–Kier alpha value is -1.55. The molecular weight excluding hydrogens is 326 g/mol. The predicted octanol–water partition coefficient (Wildman–Crippen LogP) is 4.65. The number of ether oxygens (including phenoxy) is 1.